The van der Waals surface area contributed by atoms with Gasteiger partial charge in [0.1, 0.15) is 0 Å². The molecule has 0 aromatic heterocycles. The van der Waals surface area contributed by atoms with E-state index in [4.69, 9.17) is 4.74 Å². The fourth-order valence-corrected chi connectivity index (χ4v) is 3.38. The molecule has 2 bridgehead atoms. The van der Waals surface area contributed by atoms with Gasteiger partial charge >= 0.3 is 5.97 Å². The van der Waals surface area contributed by atoms with Gasteiger partial charge in [0.15, 0.2) is 11.9 Å². The van der Waals surface area contributed by atoms with E-state index in [-0.39, 0.29) is 22.5 Å². The van der Waals surface area contributed by atoms with Crippen molar-refractivity contribution in [2.45, 2.75) is 46.6 Å². The Labute approximate surface area is 102 Å². The van der Waals surface area contributed by atoms with Crippen molar-refractivity contribution in [3.05, 3.63) is 12.2 Å². The number of hydrogen-bond donors (Lipinski definition) is 0. The number of ether oxygens (including phenoxy) is 1. The fourth-order valence-electron chi connectivity index (χ4n) is 3.38. The lowest BCUT2D eigenvalue weighted by molar-refractivity contribution is -0.158. The number of rotatable bonds is 2. The molecular weight excluding hydrogens is 216 g/mol. The van der Waals surface area contributed by atoms with Crippen LogP contribution in [0.25, 0.3) is 0 Å². The Morgan fingerprint density at radius 1 is 1.41 bits per heavy atom. The third-order valence-electron chi connectivity index (χ3n) is 5.05. The van der Waals surface area contributed by atoms with Crippen LogP contribution in [-0.2, 0) is 14.3 Å². The second-order valence-electron chi connectivity index (χ2n) is 6.20. The Hall–Kier alpha value is -1.12. The second-order valence-corrected chi connectivity index (χ2v) is 6.20. The van der Waals surface area contributed by atoms with Gasteiger partial charge in [0.25, 0.3) is 0 Å². The summed E-state index contributed by atoms with van der Waals surface area (Å²) in [7, 11) is 0. The van der Waals surface area contributed by atoms with Gasteiger partial charge in [-0.05, 0) is 25.2 Å². The summed E-state index contributed by atoms with van der Waals surface area (Å²) in [6, 6.07) is 0. The monoisotopic (exact) mass is 236 g/mol. The lowest BCUT2D eigenvalue weighted by Crippen LogP contribution is -2.41. The highest BCUT2D eigenvalue weighted by molar-refractivity contribution is 5.95. The summed E-state index contributed by atoms with van der Waals surface area (Å²) in [4.78, 5) is 23.8. The van der Waals surface area contributed by atoms with Crippen LogP contribution in [0.5, 0.6) is 0 Å². The minimum absolute atomic E-state index is 0.0374. The summed E-state index contributed by atoms with van der Waals surface area (Å²) < 4.78 is 5.37. The van der Waals surface area contributed by atoms with E-state index in [2.05, 4.69) is 27.4 Å². The van der Waals surface area contributed by atoms with E-state index in [1.165, 1.54) is 0 Å². The normalized spacial score (nSPS) is 38.2. The van der Waals surface area contributed by atoms with Gasteiger partial charge < -0.3 is 4.74 Å². The standard InChI is InChI=1S/C14H20O3/c1-8(2)12(16)17-11-10(15)9-6-7-14(11,5)13(9,3)4/h9,11H,1,6-7H2,2-5H3/t9-,11-,14+/m0/s1. The molecule has 0 saturated heterocycles. The lowest BCUT2D eigenvalue weighted by Gasteiger charge is -2.37. The molecule has 94 valence electrons. The molecule has 0 N–H and O–H groups in total. The number of carbonyl (C=O) groups is 2. The molecule has 0 unspecified atom stereocenters. The Kier molecular flexibility index (Phi) is 2.49. The molecule has 2 fully saturated rings. The van der Waals surface area contributed by atoms with E-state index in [9.17, 15) is 9.59 Å². The van der Waals surface area contributed by atoms with E-state index >= 15 is 0 Å². The summed E-state index contributed by atoms with van der Waals surface area (Å²) in [5.41, 5.74) is 0.0474. The Bertz CT molecular complexity index is 408. The quantitative estimate of drug-likeness (QED) is 0.546. The number of hydrogen-bond acceptors (Lipinski definition) is 3. The van der Waals surface area contributed by atoms with Gasteiger partial charge in [-0.25, -0.2) is 4.79 Å². The first-order chi connectivity index (χ1) is 7.72. The van der Waals surface area contributed by atoms with E-state index in [1.54, 1.807) is 6.92 Å². The molecular formula is C14H20O3. The molecule has 0 radical (unpaired) electrons. The zero-order chi connectivity index (χ0) is 13.0. The van der Waals surface area contributed by atoms with E-state index in [0.29, 0.717) is 5.57 Å². The van der Waals surface area contributed by atoms with Gasteiger partial charge in [-0.2, -0.15) is 0 Å². The minimum Gasteiger partial charge on any atom is -0.450 e. The van der Waals surface area contributed by atoms with Crippen molar-refractivity contribution in [1.29, 1.82) is 0 Å². The van der Waals surface area contributed by atoms with Crippen molar-refractivity contribution in [2.24, 2.45) is 16.7 Å². The fraction of sp³-hybridized carbons (Fsp3) is 0.714. The van der Waals surface area contributed by atoms with Crippen LogP contribution >= 0.6 is 0 Å². The molecule has 3 nitrogen and oxygen atoms in total. The highest BCUT2D eigenvalue weighted by Crippen LogP contribution is 2.64. The molecule has 0 spiro atoms. The maximum Gasteiger partial charge on any atom is 0.333 e. The molecule has 2 aliphatic rings. The number of fused-ring (bicyclic) bond motifs is 2. The van der Waals surface area contributed by atoms with Gasteiger partial charge in [0.05, 0.1) is 0 Å². The van der Waals surface area contributed by atoms with E-state index in [0.717, 1.165) is 12.8 Å². The summed E-state index contributed by atoms with van der Waals surface area (Å²) >= 11 is 0. The van der Waals surface area contributed by atoms with Gasteiger partial charge in [0, 0.05) is 16.9 Å². The molecule has 2 rings (SSSR count). The van der Waals surface area contributed by atoms with Crippen LogP contribution in [0.2, 0.25) is 0 Å². The third-order valence-corrected chi connectivity index (χ3v) is 5.05. The first-order valence-electron chi connectivity index (χ1n) is 6.12. The largest absolute Gasteiger partial charge is 0.450 e. The van der Waals surface area contributed by atoms with Gasteiger partial charge in [0.2, 0.25) is 0 Å². The zero-order valence-electron chi connectivity index (χ0n) is 11.0. The highest BCUT2D eigenvalue weighted by Gasteiger charge is 2.67. The van der Waals surface area contributed by atoms with Gasteiger partial charge in [-0.1, -0.05) is 27.4 Å². The first-order valence-corrected chi connectivity index (χ1v) is 6.12. The minimum atomic E-state index is -0.583. The maximum atomic E-state index is 12.2. The van der Waals surface area contributed by atoms with Crippen LogP contribution in [0.1, 0.15) is 40.5 Å². The Morgan fingerprint density at radius 3 is 2.41 bits per heavy atom. The van der Waals surface area contributed by atoms with Crippen molar-refractivity contribution in [1.82, 2.24) is 0 Å². The topological polar surface area (TPSA) is 43.4 Å². The summed E-state index contributed by atoms with van der Waals surface area (Å²) in [5, 5.41) is 0. The maximum absolute atomic E-state index is 12.2. The summed E-state index contributed by atoms with van der Waals surface area (Å²) in [6.07, 6.45) is 1.29. The Morgan fingerprint density at radius 2 is 2.00 bits per heavy atom. The van der Waals surface area contributed by atoms with Gasteiger partial charge in [-0.15, -0.1) is 0 Å². The number of carbonyl (C=O) groups excluding carboxylic acids is 2. The average molecular weight is 236 g/mol. The van der Waals surface area contributed by atoms with Crippen LogP contribution in [0.4, 0.5) is 0 Å². The number of esters is 1. The highest BCUT2D eigenvalue weighted by atomic mass is 16.5. The Balaban J connectivity index is 2.29. The molecule has 2 saturated carbocycles. The number of ketones is 1. The molecule has 0 aromatic rings. The van der Waals surface area contributed by atoms with Crippen LogP contribution in [0.3, 0.4) is 0 Å². The molecule has 3 atom stereocenters. The number of Topliss-reactive ketones (excluding diaryl/α,β-unsaturated/α-hetero) is 1. The van der Waals surface area contributed by atoms with Gasteiger partial charge in [-0.3, -0.25) is 4.79 Å². The summed E-state index contributed by atoms with van der Waals surface area (Å²) in [5.74, 6) is -0.318. The lowest BCUT2D eigenvalue weighted by atomic mass is 9.70. The van der Waals surface area contributed by atoms with Crippen molar-refractivity contribution < 1.29 is 14.3 Å². The smallest absolute Gasteiger partial charge is 0.333 e. The van der Waals surface area contributed by atoms with Crippen LogP contribution in [0.15, 0.2) is 12.2 Å². The van der Waals surface area contributed by atoms with Crippen molar-refractivity contribution in [3.8, 4) is 0 Å². The van der Waals surface area contributed by atoms with E-state index < -0.39 is 12.1 Å². The zero-order valence-corrected chi connectivity index (χ0v) is 11.0. The third kappa shape index (κ3) is 1.41. The predicted molar refractivity (Wildman–Crippen MR) is 64.3 cm³/mol. The molecule has 3 heteroatoms. The van der Waals surface area contributed by atoms with Crippen molar-refractivity contribution in [3.63, 3.8) is 0 Å². The SMILES string of the molecule is C=C(C)C(=O)O[C@H]1C(=O)[C@@H]2CC[C@@]1(C)C2(C)C. The van der Waals surface area contributed by atoms with Crippen molar-refractivity contribution >= 4 is 11.8 Å². The predicted octanol–water partition coefficient (Wildman–Crippen LogP) is 2.50. The molecule has 17 heavy (non-hydrogen) atoms. The first kappa shape index (κ1) is 12.3. The average Bonchev–Trinajstić information content (AvgIpc) is 2.51. The van der Waals surface area contributed by atoms with Crippen LogP contribution in [0, 0.1) is 16.7 Å². The molecule has 0 aliphatic heterocycles. The van der Waals surface area contributed by atoms with Crippen LogP contribution in [-0.4, -0.2) is 17.9 Å². The van der Waals surface area contributed by atoms with E-state index in [1.807, 2.05) is 0 Å². The summed E-state index contributed by atoms with van der Waals surface area (Å²) in [6.45, 7) is 11.4. The molecule has 0 aromatic carbocycles. The second kappa shape index (κ2) is 3.44. The molecule has 0 heterocycles. The molecule has 0 amide bonds. The van der Waals surface area contributed by atoms with Crippen LogP contribution < -0.4 is 0 Å². The molecule has 2 aliphatic carbocycles. The van der Waals surface area contributed by atoms with Crippen molar-refractivity contribution in [2.75, 3.05) is 0 Å².